The standard InChI is InChI=1S/C15H15N3S/c1-10-3-4-14-13(7-10)17-15(19)18(14)9-12-8-16-6-5-11(12)2/h3-8H,9H2,1-2H3,(H,17,19). The molecule has 0 bridgehead atoms. The Hall–Kier alpha value is -1.94. The predicted octanol–water partition coefficient (Wildman–Crippen LogP) is 3.76. The molecular formula is C15H15N3S. The van der Waals surface area contributed by atoms with Crippen molar-refractivity contribution in [3.63, 3.8) is 0 Å². The number of rotatable bonds is 2. The molecule has 1 N–H and O–H groups in total. The third-order valence-electron chi connectivity index (χ3n) is 3.41. The fourth-order valence-electron chi connectivity index (χ4n) is 2.27. The van der Waals surface area contributed by atoms with Crippen LogP contribution in [0.5, 0.6) is 0 Å². The second kappa shape index (κ2) is 4.63. The lowest BCUT2D eigenvalue weighted by Crippen LogP contribution is -2.02. The first kappa shape index (κ1) is 12.1. The van der Waals surface area contributed by atoms with E-state index >= 15 is 0 Å². The Morgan fingerprint density at radius 1 is 1.26 bits per heavy atom. The minimum absolute atomic E-state index is 0.752. The SMILES string of the molecule is Cc1ccc2c(c1)[nH]c(=S)n2Cc1cnccc1C. The van der Waals surface area contributed by atoms with Crippen molar-refractivity contribution in [1.29, 1.82) is 0 Å². The van der Waals surface area contributed by atoms with Gasteiger partial charge in [0.2, 0.25) is 0 Å². The molecule has 0 saturated carbocycles. The lowest BCUT2D eigenvalue weighted by molar-refractivity contribution is 0.800. The molecule has 0 aliphatic carbocycles. The molecule has 0 fully saturated rings. The van der Waals surface area contributed by atoms with Crippen molar-refractivity contribution in [2.75, 3.05) is 0 Å². The first-order valence-electron chi connectivity index (χ1n) is 6.24. The summed E-state index contributed by atoms with van der Waals surface area (Å²) in [5.41, 5.74) is 5.89. The molecule has 0 aliphatic rings. The predicted molar refractivity (Wildman–Crippen MR) is 79.9 cm³/mol. The Balaban J connectivity index is 2.13. The summed E-state index contributed by atoms with van der Waals surface area (Å²) in [6.45, 7) is 4.93. The molecule has 1 aromatic carbocycles. The average molecular weight is 269 g/mol. The van der Waals surface area contributed by atoms with Crippen molar-refractivity contribution in [2.24, 2.45) is 0 Å². The van der Waals surface area contributed by atoms with Gasteiger partial charge in [0, 0.05) is 12.4 Å². The van der Waals surface area contributed by atoms with Gasteiger partial charge in [-0.25, -0.2) is 0 Å². The van der Waals surface area contributed by atoms with Gasteiger partial charge in [-0.15, -0.1) is 0 Å². The summed E-state index contributed by atoms with van der Waals surface area (Å²) in [5.74, 6) is 0. The van der Waals surface area contributed by atoms with Crippen molar-refractivity contribution in [3.8, 4) is 0 Å². The number of fused-ring (bicyclic) bond motifs is 1. The summed E-state index contributed by atoms with van der Waals surface area (Å²) in [7, 11) is 0. The molecule has 0 atom stereocenters. The van der Waals surface area contributed by atoms with Crippen LogP contribution < -0.4 is 0 Å². The number of aromatic nitrogens is 3. The van der Waals surface area contributed by atoms with Gasteiger partial charge < -0.3 is 9.55 Å². The zero-order valence-corrected chi connectivity index (χ0v) is 11.8. The first-order chi connectivity index (χ1) is 9.15. The maximum atomic E-state index is 5.43. The van der Waals surface area contributed by atoms with Crippen molar-refractivity contribution < 1.29 is 0 Å². The summed E-state index contributed by atoms with van der Waals surface area (Å²) in [4.78, 5) is 7.46. The number of hydrogen-bond acceptors (Lipinski definition) is 2. The molecule has 0 aliphatic heterocycles. The molecule has 3 nitrogen and oxygen atoms in total. The summed E-state index contributed by atoms with van der Waals surface area (Å²) in [6.07, 6.45) is 3.72. The Morgan fingerprint density at radius 2 is 2.11 bits per heavy atom. The van der Waals surface area contributed by atoms with Crippen LogP contribution >= 0.6 is 12.2 Å². The highest BCUT2D eigenvalue weighted by atomic mass is 32.1. The molecule has 0 radical (unpaired) electrons. The van der Waals surface area contributed by atoms with Crippen LogP contribution in [0.3, 0.4) is 0 Å². The molecule has 4 heteroatoms. The van der Waals surface area contributed by atoms with E-state index in [4.69, 9.17) is 12.2 Å². The highest BCUT2D eigenvalue weighted by Crippen LogP contribution is 2.18. The quantitative estimate of drug-likeness (QED) is 0.719. The largest absolute Gasteiger partial charge is 0.331 e. The third-order valence-corrected chi connectivity index (χ3v) is 3.73. The number of nitrogens with one attached hydrogen (secondary N) is 1. The lowest BCUT2D eigenvalue weighted by atomic mass is 10.1. The lowest BCUT2D eigenvalue weighted by Gasteiger charge is -2.07. The van der Waals surface area contributed by atoms with Crippen LogP contribution in [0.25, 0.3) is 11.0 Å². The van der Waals surface area contributed by atoms with Crippen molar-refractivity contribution >= 4 is 23.3 Å². The van der Waals surface area contributed by atoms with Crippen LogP contribution in [-0.4, -0.2) is 14.5 Å². The maximum Gasteiger partial charge on any atom is 0.178 e. The van der Waals surface area contributed by atoms with Crippen LogP contribution in [0.2, 0.25) is 0 Å². The summed E-state index contributed by atoms with van der Waals surface area (Å²) in [5, 5.41) is 0. The van der Waals surface area contributed by atoms with Gasteiger partial charge in [-0.2, -0.15) is 0 Å². The average Bonchev–Trinajstić information content (AvgIpc) is 2.68. The second-order valence-electron chi connectivity index (χ2n) is 4.84. The molecular weight excluding hydrogens is 254 g/mol. The fraction of sp³-hybridized carbons (Fsp3) is 0.200. The molecule has 0 unspecified atom stereocenters. The molecule has 2 aromatic heterocycles. The number of imidazole rings is 1. The van der Waals surface area contributed by atoms with E-state index in [1.165, 1.54) is 16.7 Å². The molecule has 0 amide bonds. The first-order valence-corrected chi connectivity index (χ1v) is 6.64. The minimum atomic E-state index is 0.752. The summed E-state index contributed by atoms with van der Waals surface area (Å²) < 4.78 is 2.87. The fourth-order valence-corrected chi connectivity index (χ4v) is 2.54. The van der Waals surface area contributed by atoms with E-state index in [0.717, 1.165) is 22.3 Å². The van der Waals surface area contributed by atoms with E-state index in [2.05, 4.69) is 46.6 Å². The van der Waals surface area contributed by atoms with Gasteiger partial charge in [0.1, 0.15) is 0 Å². The van der Waals surface area contributed by atoms with Crippen molar-refractivity contribution in [1.82, 2.24) is 14.5 Å². The molecule has 3 aromatic rings. The molecule has 0 spiro atoms. The van der Waals surface area contributed by atoms with Crippen LogP contribution in [0.15, 0.2) is 36.7 Å². The third kappa shape index (κ3) is 2.19. The normalized spacial score (nSPS) is 11.1. The molecule has 19 heavy (non-hydrogen) atoms. The number of H-pyrrole nitrogens is 1. The summed E-state index contributed by atoms with van der Waals surface area (Å²) >= 11 is 5.43. The maximum absolute atomic E-state index is 5.43. The number of benzene rings is 1. The van der Waals surface area contributed by atoms with Gasteiger partial charge in [-0.05, 0) is 61.0 Å². The highest BCUT2D eigenvalue weighted by molar-refractivity contribution is 7.71. The zero-order chi connectivity index (χ0) is 13.4. The van der Waals surface area contributed by atoms with Gasteiger partial charge in [0.15, 0.2) is 4.77 Å². The van der Waals surface area contributed by atoms with Gasteiger partial charge >= 0.3 is 0 Å². The zero-order valence-electron chi connectivity index (χ0n) is 11.0. The number of aromatic amines is 1. The van der Waals surface area contributed by atoms with Crippen LogP contribution in [-0.2, 0) is 6.54 Å². The van der Waals surface area contributed by atoms with E-state index in [1.54, 1.807) is 0 Å². The number of nitrogens with zero attached hydrogens (tertiary/aromatic N) is 2. The van der Waals surface area contributed by atoms with E-state index in [1.807, 2.05) is 18.5 Å². The number of pyridine rings is 1. The Labute approximate surface area is 116 Å². The van der Waals surface area contributed by atoms with Gasteiger partial charge in [-0.3, -0.25) is 4.98 Å². The Morgan fingerprint density at radius 3 is 2.89 bits per heavy atom. The molecule has 2 heterocycles. The highest BCUT2D eigenvalue weighted by Gasteiger charge is 2.06. The van der Waals surface area contributed by atoms with Crippen LogP contribution in [0, 0.1) is 18.6 Å². The number of aryl methyl sites for hydroxylation is 2. The topological polar surface area (TPSA) is 33.6 Å². The minimum Gasteiger partial charge on any atom is -0.331 e. The van der Waals surface area contributed by atoms with E-state index < -0.39 is 0 Å². The Kier molecular flexibility index (Phi) is 2.95. The van der Waals surface area contributed by atoms with Crippen LogP contribution in [0.4, 0.5) is 0 Å². The van der Waals surface area contributed by atoms with Gasteiger partial charge in [-0.1, -0.05) is 6.07 Å². The van der Waals surface area contributed by atoms with Crippen LogP contribution in [0.1, 0.15) is 16.7 Å². The summed E-state index contributed by atoms with van der Waals surface area (Å²) in [6, 6.07) is 8.37. The van der Waals surface area contributed by atoms with Gasteiger partial charge in [0.05, 0.1) is 17.6 Å². The van der Waals surface area contributed by atoms with E-state index in [-0.39, 0.29) is 0 Å². The van der Waals surface area contributed by atoms with E-state index in [0.29, 0.717) is 0 Å². The van der Waals surface area contributed by atoms with Gasteiger partial charge in [0.25, 0.3) is 0 Å². The smallest absolute Gasteiger partial charge is 0.178 e. The van der Waals surface area contributed by atoms with Crippen molar-refractivity contribution in [3.05, 3.63) is 58.1 Å². The molecule has 96 valence electrons. The van der Waals surface area contributed by atoms with Crippen molar-refractivity contribution in [2.45, 2.75) is 20.4 Å². The Bertz CT molecular complexity index is 799. The monoisotopic (exact) mass is 269 g/mol. The number of hydrogen-bond donors (Lipinski definition) is 1. The molecule has 0 saturated heterocycles. The molecule has 3 rings (SSSR count). The van der Waals surface area contributed by atoms with E-state index in [9.17, 15) is 0 Å². The second-order valence-corrected chi connectivity index (χ2v) is 5.23.